The normalized spacial score (nSPS) is 9.91. The highest BCUT2D eigenvalue weighted by atomic mass is 16.3. The van der Waals surface area contributed by atoms with Crippen molar-refractivity contribution in [3.63, 3.8) is 0 Å². The first-order valence-corrected chi connectivity index (χ1v) is 3.60. The first kappa shape index (κ1) is 8.01. The zero-order valence-electron chi connectivity index (χ0n) is 6.40. The van der Waals surface area contributed by atoms with Gasteiger partial charge in [0.2, 0.25) is 0 Å². The number of rotatable bonds is 4. The van der Waals surface area contributed by atoms with E-state index in [0.717, 1.165) is 12.2 Å². The van der Waals surface area contributed by atoms with Crippen LogP contribution in [0.25, 0.3) is 0 Å². The van der Waals surface area contributed by atoms with Crippen molar-refractivity contribution in [1.29, 1.82) is 0 Å². The van der Waals surface area contributed by atoms with Gasteiger partial charge >= 0.3 is 0 Å². The number of nitrogens with zero attached hydrogens (tertiary/aromatic N) is 2. The standard InChI is InChI=1S/C8H12N2O/c1-2-3-8-9-4-5-10(8)6-7-11/h2,4-5,11H,1,3,6-7H2. The lowest BCUT2D eigenvalue weighted by Gasteiger charge is -2.01. The smallest absolute Gasteiger partial charge is 0.112 e. The molecule has 3 nitrogen and oxygen atoms in total. The van der Waals surface area contributed by atoms with Crippen LogP contribution in [0, 0.1) is 0 Å². The summed E-state index contributed by atoms with van der Waals surface area (Å²) in [5.74, 6) is 0.953. The minimum Gasteiger partial charge on any atom is -0.395 e. The second-order valence-electron chi connectivity index (χ2n) is 2.25. The Kier molecular flexibility index (Phi) is 2.86. The van der Waals surface area contributed by atoms with Gasteiger partial charge in [0.1, 0.15) is 5.82 Å². The summed E-state index contributed by atoms with van der Waals surface area (Å²) in [4.78, 5) is 4.11. The Labute approximate surface area is 66.0 Å². The van der Waals surface area contributed by atoms with Crippen molar-refractivity contribution in [2.45, 2.75) is 13.0 Å². The van der Waals surface area contributed by atoms with Crippen molar-refractivity contribution < 1.29 is 5.11 Å². The van der Waals surface area contributed by atoms with E-state index in [0.29, 0.717) is 6.54 Å². The molecule has 0 fully saturated rings. The quantitative estimate of drug-likeness (QED) is 0.642. The maximum Gasteiger partial charge on any atom is 0.112 e. The summed E-state index contributed by atoms with van der Waals surface area (Å²) in [6, 6.07) is 0. The first-order chi connectivity index (χ1) is 5.38. The van der Waals surface area contributed by atoms with E-state index in [1.165, 1.54) is 0 Å². The topological polar surface area (TPSA) is 38.0 Å². The summed E-state index contributed by atoms with van der Waals surface area (Å²) < 4.78 is 1.92. The second-order valence-corrected chi connectivity index (χ2v) is 2.25. The molecule has 1 rings (SSSR count). The van der Waals surface area contributed by atoms with Crippen molar-refractivity contribution in [2.75, 3.05) is 6.61 Å². The number of hydrogen-bond donors (Lipinski definition) is 1. The fourth-order valence-electron chi connectivity index (χ4n) is 0.970. The van der Waals surface area contributed by atoms with Crippen LogP contribution < -0.4 is 0 Å². The molecule has 0 spiro atoms. The van der Waals surface area contributed by atoms with E-state index < -0.39 is 0 Å². The molecule has 0 saturated carbocycles. The molecule has 0 aliphatic carbocycles. The number of aliphatic hydroxyl groups excluding tert-OH is 1. The molecule has 11 heavy (non-hydrogen) atoms. The zero-order chi connectivity index (χ0) is 8.10. The van der Waals surface area contributed by atoms with Gasteiger partial charge in [0, 0.05) is 25.4 Å². The van der Waals surface area contributed by atoms with Crippen LogP contribution in [0.4, 0.5) is 0 Å². The Morgan fingerprint density at radius 2 is 2.55 bits per heavy atom. The summed E-state index contributed by atoms with van der Waals surface area (Å²) in [7, 11) is 0. The predicted octanol–water partition coefficient (Wildman–Crippen LogP) is 0.604. The average Bonchev–Trinajstić information content (AvgIpc) is 2.39. The van der Waals surface area contributed by atoms with Crippen LogP contribution in [-0.4, -0.2) is 21.3 Å². The predicted molar refractivity (Wildman–Crippen MR) is 43.2 cm³/mol. The highest BCUT2D eigenvalue weighted by Crippen LogP contribution is 1.98. The Hall–Kier alpha value is -1.09. The molecule has 1 aromatic heterocycles. The maximum atomic E-state index is 8.66. The van der Waals surface area contributed by atoms with E-state index in [9.17, 15) is 0 Å². The van der Waals surface area contributed by atoms with Gasteiger partial charge < -0.3 is 9.67 Å². The molecular formula is C8H12N2O. The van der Waals surface area contributed by atoms with Gasteiger partial charge in [-0.15, -0.1) is 6.58 Å². The van der Waals surface area contributed by atoms with Gasteiger partial charge in [-0.25, -0.2) is 4.98 Å². The molecule has 0 aliphatic heterocycles. The van der Waals surface area contributed by atoms with Gasteiger partial charge in [-0.1, -0.05) is 6.08 Å². The van der Waals surface area contributed by atoms with Gasteiger partial charge in [-0.05, 0) is 0 Å². The molecular weight excluding hydrogens is 140 g/mol. The molecule has 1 heterocycles. The van der Waals surface area contributed by atoms with Crippen molar-refractivity contribution in [1.82, 2.24) is 9.55 Å². The van der Waals surface area contributed by atoms with E-state index in [1.807, 2.05) is 10.8 Å². The number of hydrogen-bond acceptors (Lipinski definition) is 2. The molecule has 0 amide bonds. The molecule has 0 atom stereocenters. The van der Waals surface area contributed by atoms with E-state index in [1.54, 1.807) is 12.3 Å². The SMILES string of the molecule is C=CCc1nccn1CCO. The van der Waals surface area contributed by atoms with Crippen LogP contribution in [0.2, 0.25) is 0 Å². The molecule has 1 aromatic rings. The first-order valence-electron chi connectivity index (χ1n) is 3.60. The van der Waals surface area contributed by atoms with E-state index in [-0.39, 0.29) is 6.61 Å². The minimum absolute atomic E-state index is 0.153. The van der Waals surface area contributed by atoms with Crippen LogP contribution in [0.5, 0.6) is 0 Å². The van der Waals surface area contributed by atoms with Gasteiger partial charge in [0.05, 0.1) is 6.61 Å². The van der Waals surface area contributed by atoms with Crippen molar-refractivity contribution in [3.8, 4) is 0 Å². The number of aromatic nitrogens is 2. The summed E-state index contributed by atoms with van der Waals surface area (Å²) in [6.45, 7) is 4.39. The van der Waals surface area contributed by atoms with E-state index >= 15 is 0 Å². The Morgan fingerprint density at radius 3 is 3.18 bits per heavy atom. The van der Waals surface area contributed by atoms with Crippen LogP contribution in [0.1, 0.15) is 5.82 Å². The van der Waals surface area contributed by atoms with Gasteiger partial charge in [0.15, 0.2) is 0 Å². The van der Waals surface area contributed by atoms with Crippen LogP contribution in [0.3, 0.4) is 0 Å². The lowest BCUT2D eigenvalue weighted by molar-refractivity contribution is 0.274. The number of imidazole rings is 1. The monoisotopic (exact) mass is 152 g/mol. The largest absolute Gasteiger partial charge is 0.395 e. The third kappa shape index (κ3) is 1.91. The van der Waals surface area contributed by atoms with Gasteiger partial charge in [-0.3, -0.25) is 0 Å². The Morgan fingerprint density at radius 1 is 1.73 bits per heavy atom. The fraction of sp³-hybridized carbons (Fsp3) is 0.375. The fourth-order valence-corrected chi connectivity index (χ4v) is 0.970. The lowest BCUT2D eigenvalue weighted by atomic mass is 10.4. The third-order valence-corrected chi connectivity index (χ3v) is 1.47. The zero-order valence-corrected chi connectivity index (χ0v) is 6.40. The molecule has 0 radical (unpaired) electrons. The number of aliphatic hydroxyl groups is 1. The van der Waals surface area contributed by atoms with E-state index in [2.05, 4.69) is 11.6 Å². The number of allylic oxidation sites excluding steroid dienone is 1. The molecule has 0 unspecified atom stereocenters. The summed E-state index contributed by atoms with van der Waals surface area (Å²) in [6.07, 6.45) is 6.15. The van der Waals surface area contributed by atoms with Crippen molar-refractivity contribution in [2.24, 2.45) is 0 Å². The van der Waals surface area contributed by atoms with E-state index in [4.69, 9.17) is 5.11 Å². The summed E-state index contributed by atoms with van der Waals surface area (Å²) in [5, 5.41) is 8.66. The summed E-state index contributed by atoms with van der Waals surface area (Å²) >= 11 is 0. The molecule has 0 aliphatic rings. The average molecular weight is 152 g/mol. The lowest BCUT2D eigenvalue weighted by Crippen LogP contribution is -2.05. The molecule has 0 aromatic carbocycles. The Bertz CT molecular complexity index is 230. The molecule has 60 valence electrons. The minimum atomic E-state index is 0.153. The van der Waals surface area contributed by atoms with Crippen LogP contribution in [0.15, 0.2) is 25.0 Å². The van der Waals surface area contributed by atoms with Crippen LogP contribution >= 0.6 is 0 Å². The molecule has 1 N–H and O–H groups in total. The van der Waals surface area contributed by atoms with Gasteiger partial charge in [0.25, 0.3) is 0 Å². The highest BCUT2D eigenvalue weighted by Gasteiger charge is 1.97. The molecule has 0 saturated heterocycles. The summed E-state index contributed by atoms with van der Waals surface area (Å²) in [5.41, 5.74) is 0. The van der Waals surface area contributed by atoms with Crippen LogP contribution in [-0.2, 0) is 13.0 Å². The maximum absolute atomic E-state index is 8.66. The highest BCUT2D eigenvalue weighted by molar-refractivity contribution is 4.97. The molecule has 3 heteroatoms. The molecule has 0 bridgehead atoms. The van der Waals surface area contributed by atoms with Crippen molar-refractivity contribution in [3.05, 3.63) is 30.9 Å². The third-order valence-electron chi connectivity index (χ3n) is 1.47. The Balaban J connectivity index is 2.69. The van der Waals surface area contributed by atoms with Crippen molar-refractivity contribution >= 4 is 0 Å². The van der Waals surface area contributed by atoms with Gasteiger partial charge in [-0.2, -0.15) is 0 Å². The second kappa shape index (κ2) is 3.93.